The van der Waals surface area contributed by atoms with Crippen LogP contribution < -0.4 is 10.2 Å². The molecule has 0 saturated carbocycles. The summed E-state index contributed by atoms with van der Waals surface area (Å²) in [6.07, 6.45) is 3.67. The Balaban J connectivity index is 1.11. The maximum atomic E-state index is 12.8. The molecule has 0 radical (unpaired) electrons. The molecule has 1 saturated heterocycles. The lowest BCUT2D eigenvalue weighted by molar-refractivity contribution is -0.125. The molecule has 1 aliphatic rings. The second kappa shape index (κ2) is 10.1. The number of nitrogens with one attached hydrogen (secondary N) is 1. The van der Waals surface area contributed by atoms with E-state index in [4.69, 9.17) is 8.83 Å². The molecule has 1 N–H and O–H groups in total. The molecule has 0 unspecified atom stereocenters. The molecule has 4 aromatic rings. The maximum Gasteiger partial charge on any atom is 0.266 e. The number of nitriles is 1. The summed E-state index contributed by atoms with van der Waals surface area (Å²) in [5, 5.41) is 17.1. The van der Waals surface area contributed by atoms with Crippen LogP contribution in [0.1, 0.15) is 35.5 Å². The Morgan fingerprint density at radius 2 is 1.97 bits per heavy atom. The van der Waals surface area contributed by atoms with Crippen molar-refractivity contribution in [1.29, 1.82) is 5.26 Å². The van der Waals surface area contributed by atoms with Gasteiger partial charge in [-0.15, -0.1) is 0 Å². The Morgan fingerprint density at radius 1 is 1.19 bits per heavy atom. The Hall–Kier alpha value is -4.32. The minimum atomic E-state index is -0.0624. The van der Waals surface area contributed by atoms with E-state index in [1.54, 1.807) is 12.1 Å². The number of piperidine rings is 1. The molecule has 1 aliphatic heterocycles. The lowest BCUT2D eigenvalue weighted by atomic mass is 9.96. The number of carbonyl (C=O) groups is 1. The minimum Gasteiger partial charge on any atom is -0.459 e. The van der Waals surface area contributed by atoms with E-state index in [9.17, 15) is 10.1 Å². The largest absolute Gasteiger partial charge is 0.459 e. The molecule has 5 rings (SSSR count). The summed E-state index contributed by atoms with van der Waals surface area (Å²) < 4.78 is 13.1. The zero-order chi connectivity index (χ0) is 25.1. The summed E-state index contributed by atoms with van der Waals surface area (Å²) in [6, 6.07) is 15.9. The van der Waals surface area contributed by atoms with Crippen molar-refractivity contribution >= 4 is 11.8 Å². The van der Waals surface area contributed by atoms with Crippen molar-refractivity contribution in [1.82, 2.24) is 20.1 Å². The zero-order valence-corrected chi connectivity index (χ0v) is 20.4. The van der Waals surface area contributed by atoms with Crippen molar-refractivity contribution in [2.75, 3.05) is 24.5 Å². The van der Waals surface area contributed by atoms with E-state index in [0.717, 1.165) is 29.1 Å². The summed E-state index contributed by atoms with van der Waals surface area (Å²) in [7, 11) is 0. The van der Waals surface area contributed by atoms with Gasteiger partial charge in [0, 0.05) is 31.2 Å². The number of anilines is 1. The third-order valence-corrected chi connectivity index (χ3v) is 6.50. The SMILES string of the molecule is Cc1cc(C)n(-c2ccc(CCNC(=O)C3CCN(c4oc(-c5ccco5)nc4C#N)CC3)cc2)n1. The van der Waals surface area contributed by atoms with Crippen molar-refractivity contribution in [3.63, 3.8) is 0 Å². The van der Waals surface area contributed by atoms with E-state index in [0.29, 0.717) is 44.1 Å². The van der Waals surface area contributed by atoms with Gasteiger partial charge in [0.2, 0.25) is 17.5 Å². The van der Waals surface area contributed by atoms with Gasteiger partial charge in [-0.2, -0.15) is 15.3 Å². The standard InChI is InChI=1S/C27H28N6O3/c1-18-16-19(2)33(31-18)22-7-5-20(6-8-22)9-12-29-25(34)21-10-13-32(14-11-21)27-23(17-28)30-26(36-27)24-4-3-15-35-24/h3-8,15-16,21H,9-14H2,1-2H3,(H,29,34). The van der Waals surface area contributed by atoms with Crippen LogP contribution in [-0.2, 0) is 11.2 Å². The predicted octanol–water partition coefficient (Wildman–Crippen LogP) is 4.18. The first-order valence-corrected chi connectivity index (χ1v) is 12.1. The van der Waals surface area contributed by atoms with Crippen LogP contribution in [0.25, 0.3) is 17.3 Å². The number of hydrogen-bond donors (Lipinski definition) is 1. The summed E-state index contributed by atoms with van der Waals surface area (Å²) >= 11 is 0. The number of aryl methyl sites for hydroxylation is 2. The van der Waals surface area contributed by atoms with Gasteiger partial charge in [0.05, 0.1) is 17.6 Å². The molecule has 0 aliphatic carbocycles. The third kappa shape index (κ3) is 4.89. The molecular formula is C27H28N6O3. The van der Waals surface area contributed by atoms with E-state index < -0.39 is 0 Å². The fourth-order valence-corrected chi connectivity index (χ4v) is 4.62. The number of aromatic nitrogens is 3. The predicted molar refractivity (Wildman–Crippen MR) is 134 cm³/mol. The molecule has 0 spiro atoms. The molecule has 184 valence electrons. The molecule has 9 nitrogen and oxygen atoms in total. The Bertz CT molecular complexity index is 1370. The first-order valence-electron chi connectivity index (χ1n) is 12.1. The van der Waals surface area contributed by atoms with Gasteiger partial charge in [-0.05, 0) is 69.0 Å². The van der Waals surface area contributed by atoms with Crippen LogP contribution in [0.3, 0.4) is 0 Å². The number of oxazole rings is 1. The highest BCUT2D eigenvalue weighted by Gasteiger charge is 2.29. The smallest absolute Gasteiger partial charge is 0.266 e. The maximum absolute atomic E-state index is 12.8. The lowest BCUT2D eigenvalue weighted by Crippen LogP contribution is -2.41. The summed E-state index contributed by atoms with van der Waals surface area (Å²) in [4.78, 5) is 19.0. The van der Waals surface area contributed by atoms with Crippen LogP contribution in [0.15, 0.2) is 57.6 Å². The second-order valence-electron chi connectivity index (χ2n) is 9.07. The number of amides is 1. The average molecular weight is 485 g/mol. The van der Waals surface area contributed by atoms with Gasteiger partial charge in [0.15, 0.2) is 5.76 Å². The molecule has 9 heteroatoms. The van der Waals surface area contributed by atoms with Crippen molar-refractivity contribution in [2.45, 2.75) is 33.1 Å². The van der Waals surface area contributed by atoms with Crippen molar-refractivity contribution < 1.29 is 13.6 Å². The topological polar surface area (TPSA) is 113 Å². The van der Waals surface area contributed by atoms with E-state index in [-0.39, 0.29) is 23.4 Å². The molecule has 1 aromatic carbocycles. The van der Waals surface area contributed by atoms with Crippen LogP contribution in [0.2, 0.25) is 0 Å². The summed E-state index contributed by atoms with van der Waals surface area (Å²) in [6.45, 7) is 5.85. The molecule has 36 heavy (non-hydrogen) atoms. The minimum absolute atomic E-state index is 0.0624. The Kier molecular flexibility index (Phi) is 6.58. The van der Waals surface area contributed by atoms with E-state index in [1.165, 1.54) is 6.26 Å². The quantitative estimate of drug-likeness (QED) is 0.419. The number of rotatable bonds is 7. The highest BCUT2D eigenvalue weighted by atomic mass is 16.4. The fourth-order valence-electron chi connectivity index (χ4n) is 4.62. The highest BCUT2D eigenvalue weighted by Crippen LogP contribution is 2.31. The Labute approximate surface area is 209 Å². The molecule has 1 fully saturated rings. The van der Waals surface area contributed by atoms with Crippen molar-refractivity contribution in [2.24, 2.45) is 5.92 Å². The van der Waals surface area contributed by atoms with Gasteiger partial charge in [0.1, 0.15) is 6.07 Å². The second-order valence-corrected chi connectivity index (χ2v) is 9.07. The van der Waals surface area contributed by atoms with Gasteiger partial charge in [0.25, 0.3) is 5.89 Å². The van der Waals surface area contributed by atoms with E-state index in [2.05, 4.69) is 51.8 Å². The van der Waals surface area contributed by atoms with Gasteiger partial charge in [-0.1, -0.05) is 12.1 Å². The number of nitrogens with zero attached hydrogens (tertiary/aromatic N) is 5. The highest BCUT2D eigenvalue weighted by molar-refractivity contribution is 5.79. The first-order chi connectivity index (χ1) is 17.5. The van der Waals surface area contributed by atoms with E-state index >= 15 is 0 Å². The van der Waals surface area contributed by atoms with Crippen LogP contribution in [-0.4, -0.2) is 40.3 Å². The molecule has 3 aromatic heterocycles. The third-order valence-electron chi connectivity index (χ3n) is 6.50. The van der Waals surface area contributed by atoms with Gasteiger partial charge in [-0.3, -0.25) is 4.79 Å². The number of furan rings is 1. The average Bonchev–Trinajstić information content (AvgIpc) is 3.64. The molecule has 4 heterocycles. The van der Waals surface area contributed by atoms with Crippen molar-refractivity contribution in [3.8, 4) is 23.4 Å². The molecule has 0 atom stereocenters. The molecule has 1 amide bonds. The Morgan fingerprint density at radius 3 is 2.61 bits per heavy atom. The summed E-state index contributed by atoms with van der Waals surface area (Å²) in [5.74, 6) is 1.21. The van der Waals surface area contributed by atoms with Crippen molar-refractivity contribution in [3.05, 3.63) is 71.4 Å². The van der Waals surface area contributed by atoms with Crippen LogP contribution >= 0.6 is 0 Å². The summed E-state index contributed by atoms with van der Waals surface area (Å²) in [5.41, 5.74) is 4.52. The molecule has 0 bridgehead atoms. The van der Waals surface area contributed by atoms with Gasteiger partial charge >= 0.3 is 0 Å². The monoisotopic (exact) mass is 484 g/mol. The van der Waals surface area contributed by atoms with Crippen LogP contribution in [0.4, 0.5) is 5.88 Å². The van der Waals surface area contributed by atoms with Crippen LogP contribution in [0, 0.1) is 31.1 Å². The number of hydrogen-bond acceptors (Lipinski definition) is 7. The normalized spacial score (nSPS) is 14.1. The number of benzene rings is 1. The first kappa shape index (κ1) is 23.4. The lowest BCUT2D eigenvalue weighted by Gasteiger charge is -2.31. The van der Waals surface area contributed by atoms with Gasteiger partial charge < -0.3 is 19.1 Å². The van der Waals surface area contributed by atoms with E-state index in [1.807, 2.05) is 23.4 Å². The zero-order valence-electron chi connectivity index (χ0n) is 20.4. The van der Waals surface area contributed by atoms with Crippen LogP contribution in [0.5, 0.6) is 0 Å². The fraction of sp³-hybridized carbons (Fsp3) is 0.333. The number of carbonyl (C=O) groups excluding carboxylic acids is 1. The molecular weight excluding hydrogens is 456 g/mol. The van der Waals surface area contributed by atoms with Gasteiger partial charge in [-0.25, -0.2) is 4.68 Å².